The summed E-state index contributed by atoms with van der Waals surface area (Å²) < 4.78 is 7.60. The molecule has 46 heavy (non-hydrogen) atoms. The van der Waals surface area contributed by atoms with Crippen LogP contribution in [0.4, 0.5) is 5.69 Å². The zero-order chi connectivity index (χ0) is 32.4. The Morgan fingerprint density at radius 2 is 1.91 bits per heavy atom. The van der Waals surface area contributed by atoms with E-state index in [1.165, 1.54) is 0 Å². The van der Waals surface area contributed by atoms with Crippen LogP contribution in [0.3, 0.4) is 0 Å². The number of imidazole rings is 1. The fraction of sp³-hybridized carbons (Fsp3) is 0.371. The fourth-order valence-corrected chi connectivity index (χ4v) is 6.72. The number of nitrogens with zero attached hydrogens (tertiary/aromatic N) is 4. The summed E-state index contributed by atoms with van der Waals surface area (Å²) in [6, 6.07) is 11.9. The van der Waals surface area contributed by atoms with Crippen LogP contribution in [0.15, 0.2) is 65.0 Å². The van der Waals surface area contributed by atoms with Gasteiger partial charge < -0.3 is 30.2 Å². The molecule has 3 aliphatic heterocycles. The Hall–Kier alpha value is -4.25. The number of fused-ring (bicyclic) bond motifs is 1. The fourth-order valence-electron chi connectivity index (χ4n) is 6.45. The molecule has 3 aliphatic rings. The van der Waals surface area contributed by atoms with Crippen molar-refractivity contribution >= 4 is 34.8 Å². The molecule has 1 aromatic heterocycles. The van der Waals surface area contributed by atoms with Crippen molar-refractivity contribution in [2.75, 3.05) is 39.1 Å². The summed E-state index contributed by atoms with van der Waals surface area (Å²) in [6.45, 7) is 5.00. The van der Waals surface area contributed by atoms with E-state index in [1.807, 2.05) is 48.1 Å². The molecule has 240 valence electrons. The minimum Gasteiger partial charge on any atom is -0.497 e. The molecule has 11 heteroatoms. The Morgan fingerprint density at radius 1 is 1.13 bits per heavy atom. The second-order valence-corrected chi connectivity index (χ2v) is 12.5. The van der Waals surface area contributed by atoms with Gasteiger partial charge in [0.2, 0.25) is 5.91 Å². The number of amides is 2. The predicted molar refractivity (Wildman–Crippen MR) is 181 cm³/mol. The lowest BCUT2D eigenvalue weighted by Gasteiger charge is -2.21. The summed E-state index contributed by atoms with van der Waals surface area (Å²) >= 11 is 6.99. The van der Waals surface area contributed by atoms with E-state index in [2.05, 4.69) is 51.9 Å². The number of rotatable bonds is 9. The van der Waals surface area contributed by atoms with Gasteiger partial charge in [-0.15, -0.1) is 0 Å². The third-order valence-corrected chi connectivity index (χ3v) is 9.42. The quantitative estimate of drug-likeness (QED) is 0.311. The van der Waals surface area contributed by atoms with E-state index in [1.54, 1.807) is 7.11 Å². The van der Waals surface area contributed by atoms with Crippen molar-refractivity contribution in [3.63, 3.8) is 0 Å². The molecule has 0 aliphatic carbocycles. The summed E-state index contributed by atoms with van der Waals surface area (Å²) in [5, 5.41) is 9.90. The number of likely N-dealkylation sites (N-methyl/N-ethyl adjacent to an activating group) is 1. The van der Waals surface area contributed by atoms with Crippen molar-refractivity contribution in [1.29, 1.82) is 0 Å². The number of hydrogen-bond acceptors (Lipinski definition) is 7. The van der Waals surface area contributed by atoms with Gasteiger partial charge in [-0.25, -0.2) is 4.98 Å². The summed E-state index contributed by atoms with van der Waals surface area (Å²) in [5.74, 6) is 0.978. The van der Waals surface area contributed by atoms with Gasteiger partial charge in [-0.3, -0.25) is 14.6 Å². The number of halogens is 1. The maximum Gasteiger partial charge on any atom is 0.291 e. The third-order valence-electron chi connectivity index (χ3n) is 9.02. The summed E-state index contributed by atoms with van der Waals surface area (Å²) in [7, 11) is 5.62. The average molecular weight is 642 g/mol. The van der Waals surface area contributed by atoms with Gasteiger partial charge in [-0.2, -0.15) is 0 Å². The molecule has 1 unspecified atom stereocenters. The highest BCUT2D eigenvalue weighted by molar-refractivity contribution is 6.36. The van der Waals surface area contributed by atoms with Gasteiger partial charge in [0.15, 0.2) is 5.82 Å². The first-order valence-corrected chi connectivity index (χ1v) is 16.0. The van der Waals surface area contributed by atoms with Crippen LogP contribution in [0.2, 0.25) is 5.02 Å². The summed E-state index contributed by atoms with van der Waals surface area (Å²) in [5.41, 5.74) is 8.26. The van der Waals surface area contributed by atoms with Crippen LogP contribution < -0.4 is 16.0 Å². The Morgan fingerprint density at radius 3 is 2.70 bits per heavy atom. The molecule has 3 N–H and O–H groups in total. The number of benzene rings is 2. The summed E-state index contributed by atoms with van der Waals surface area (Å²) in [4.78, 5) is 36.7. The van der Waals surface area contributed by atoms with Crippen LogP contribution in [-0.2, 0) is 29.5 Å². The van der Waals surface area contributed by atoms with Crippen molar-refractivity contribution in [2.24, 2.45) is 12.0 Å². The highest BCUT2D eigenvalue weighted by Gasteiger charge is 2.25. The van der Waals surface area contributed by atoms with E-state index >= 15 is 0 Å². The van der Waals surface area contributed by atoms with E-state index < -0.39 is 0 Å². The summed E-state index contributed by atoms with van der Waals surface area (Å²) in [6.07, 6.45) is 6.80. The SMILES string of the molecule is COC1=CCC(c2cccc(-c3cccc(NC(=O)c4nc5c(n4C)CCN(C)C5)c3Cl)c2C)=NC=C1CNCC1CCC(=O)N1. The van der Waals surface area contributed by atoms with Crippen LogP contribution in [-0.4, -0.2) is 71.8 Å². The number of aliphatic imine (C=N–C) groups is 1. The minimum atomic E-state index is -0.289. The van der Waals surface area contributed by atoms with Crippen molar-refractivity contribution in [1.82, 2.24) is 25.1 Å². The molecule has 0 saturated carbocycles. The number of carbonyl (C=O) groups excluding carboxylic acids is 2. The van der Waals surface area contributed by atoms with E-state index in [-0.39, 0.29) is 17.9 Å². The Labute approximate surface area is 274 Å². The number of aromatic nitrogens is 2. The van der Waals surface area contributed by atoms with Crippen LogP contribution in [0, 0.1) is 6.92 Å². The molecule has 10 nitrogen and oxygen atoms in total. The molecule has 0 bridgehead atoms. The molecular formula is C35H40ClN7O3. The van der Waals surface area contributed by atoms with Gasteiger partial charge in [0.1, 0.15) is 5.76 Å². The number of nitrogens with one attached hydrogen (secondary N) is 3. The standard InChI is InChI=1S/C35H40ClN7O3/c1-21-24(26-9-6-10-28(33(26)36)41-35(45)34-40-29-20-42(2)16-15-30(29)43(34)3)7-5-8-25(21)27-12-13-31(46-4)22(18-38-27)17-37-19-23-11-14-32(44)39-23/h5-10,13,18,23,37H,11-12,14-17,19-20H2,1-4H3,(H,39,44)(H,41,45). The maximum absolute atomic E-state index is 13.4. The number of methoxy groups -OCH3 is 1. The second kappa shape index (κ2) is 13.6. The van der Waals surface area contributed by atoms with Crippen LogP contribution in [0.1, 0.15) is 52.4 Å². The molecule has 2 aromatic carbocycles. The van der Waals surface area contributed by atoms with E-state index in [9.17, 15) is 9.59 Å². The van der Waals surface area contributed by atoms with Crippen molar-refractivity contribution in [2.45, 2.75) is 45.2 Å². The van der Waals surface area contributed by atoms with Crippen molar-refractivity contribution in [3.05, 3.63) is 93.4 Å². The first-order chi connectivity index (χ1) is 22.2. The minimum absolute atomic E-state index is 0.110. The normalized spacial score (nSPS) is 18.2. The van der Waals surface area contributed by atoms with Crippen molar-refractivity contribution in [3.8, 4) is 11.1 Å². The lowest BCUT2D eigenvalue weighted by molar-refractivity contribution is -0.119. The molecule has 0 spiro atoms. The molecule has 3 aromatic rings. The Balaban J connectivity index is 1.22. The van der Waals surface area contributed by atoms with Crippen LogP contribution >= 0.6 is 11.6 Å². The number of carbonyl (C=O) groups is 2. The lowest BCUT2D eigenvalue weighted by atomic mass is 9.93. The van der Waals surface area contributed by atoms with Crippen LogP contribution in [0.25, 0.3) is 11.1 Å². The van der Waals surface area contributed by atoms with Gasteiger partial charge in [-0.1, -0.05) is 41.9 Å². The van der Waals surface area contributed by atoms with Gasteiger partial charge in [0, 0.05) is 81.6 Å². The van der Waals surface area contributed by atoms with Gasteiger partial charge in [0.05, 0.1) is 29.2 Å². The third kappa shape index (κ3) is 6.51. The molecule has 0 radical (unpaired) electrons. The zero-order valence-corrected chi connectivity index (χ0v) is 27.5. The molecule has 1 fully saturated rings. The topological polar surface area (TPSA) is 113 Å². The van der Waals surface area contributed by atoms with Crippen LogP contribution in [0.5, 0.6) is 0 Å². The average Bonchev–Trinajstić information content (AvgIpc) is 3.53. The Kier molecular flexibility index (Phi) is 9.39. The molecule has 4 heterocycles. The molecule has 1 atom stereocenters. The van der Waals surface area contributed by atoms with Gasteiger partial charge >= 0.3 is 0 Å². The van der Waals surface area contributed by atoms with Crippen molar-refractivity contribution < 1.29 is 14.3 Å². The zero-order valence-electron chi connectivity index (χ0n) is 26.7. The molecular weight excluding hydrogens is 602 g/mol. The first kappa shape index (κ1) is 31.7. The number of ether oxygens (including phenoxy) is 1. The first-order valence-electron chi connectivity index (χ1n) is 15.7. The largest absolute Gasteiger partial charge is 0.497 e. The smallest absolute Gasteiger partial charge is 0.291 e. The predicted octanol–water partition coefficient (Wildman–Crippen LogP) is 4.76. The number of hydrogen-bond donors (Lipinski definition) is 3. The highest BCUT2D eigenvalue weighted by Crippen LogP contribution is 2.37. The van der Waals surface area contributed by atoms with E-state index in [0.29, 0.717) is 42.5 Å². The lowest BCUT2D eigenvalue weighted by Crippen LogP contribution is -2.36. The Bertz CT molecular complexity index is 1770. The maximum atomic E-state index is 13.4. The van der Waals surface area contributed by atoms with E-state index in [4.69, 9.17) is 21.3 Å². The van der Waals surface area contributed by atoms with E-state index in [0.717, 1.165) is 76.6 Å². The van der Waals surface area contributed by atoms with Gasteiger partial charge in [0.25, 0.3) is 5.91 Å². The molecule has 2 amide bonds. The van der Waals surface area contributed by atoms with Gasteiger partial charge in [-0.05, 0) is 49.2 Å². The number of allylic oxidation sites excluding steroid dienone is 1. The second-order valence-electron chi connectivity index (χ2n) is 12.1. The monoisotopic (exact) mass is 641 g/mol. The molecule has 1 saturated heterocycles. The molecule has 6 rings (SSSR count). The number of anilines is 1. The highest BCUT2D eigenvalue weighted by atomic mass is 35.5.